The third kappa shape index (κ3) is 7.02. The average Bonchev–Trinajstić information content (AvgIpc) is 3.00. The Morgan fingerprint density at radius 1 is 1.17 bits per heavy atom. The van der Waals surface area contributed by atoms with Gasteiger partial charge in [-0.25, -0.2) is 0 Å². The van der Waals surface area contributed by atoms with Crippen molar-refractivity contribution >= 4 is 46.2 Å². The van der Waals surface area contributed by atoms with Crippen LogP contribution in [0.2, 0.25) is 0 Å². The molecule has 0 aromatic heterocycles. The predicted molar refractivity (Wildman–Crippen MR) is 126 cm³/mol. The van der Waals surface area contributed by atoms with Crippen LogP contribution in [-0.2, 0) is 9.59 Å². The van der Waals surface area contributed by atoms with Gasteiger partial charge in [0.25, 0.3) is 5.91 Å². The maximum atomic E-state index is 12.7. The number of thioether (sulfide) groups is 1. The van der Waals surface area contributed by atoms with Crippen LogP contribution in [0.15, 0.2) is 23.1 Å². The molecule has 2 rings (SSSR count). The maximum absolute atomic E-state index is 12.7. The zero-order chi connectivity index (χ0) is 21.9. The van der Waals surface area contributed by atoms with Gasteiger partial charge in [-0.05, 0) is 43.0 Å². The van der Waals surface area contributed by atoms with E-state index >= 15 is 0 Å². The topological polar surface area (TPSA) is 67.9 Å². The molecule has 1 saturated heterocycles. The Hall–Kier alpha value is -2.06. The SMILES string of the molecule is CCCCNC(=O)CCCCCN1C(=O)C(=Cc2ccc(OC)c(OC)c2)SC1=S. The number of carbonyl (C=O) groups is 2. The lowest BCUT2D eigenvalue weighted by Crippen LogP contribution is -2.29. The van der Waals surface area contributed by atoms with Gasteiger partial charge in [-0.3, -0.25) is 14.5 Å². The van der Waals surface area contributed by atoms with Crippen molar-refractivity contribution in [2.24, 2.45) is 0 Å². The fraction of sp³-hybridized carbons (Fsp3) is 0.500. The van der Waals surface area contributed by atoms with Crippen molar-refractivity contribution in [1.82, 2.24) is 10.2 Å². The molecule has 0 aliphatic carbocycles. The second-order valence-corrected chi connectivity index (χ2v) is 8.64. The molecule has 0 spiro atoms. The van der Waals surface area contributed by atoms with E-state index in [2.05, 4.69) is 12.2 Å². The van der Waals surface area contributed by atoms with Crippen LogP contribution >= 0.6 is 24.0 Å². The molecule has 30 heavy (non-hydrogen) atoms. The third-order valence-electron chi connectivity index (χ3n) is 4.72. The smallest absolute Gasteiger partial charge is 0.266 e. The lowest BCUT2D eigenvalue weighted by atomic mass is 10.1. The monoisotopic (exact) mass is 450 g/mol. The molecule has 1 aromatic rings. The number of rotatable bonds is 12. The van der Waals surface area contributed by atoms with E-state index in [0.717, 1.165) is 44.2 Å². The zero-order valence-electron chi connectivity index (χ0n) is 17.9. The summed E-state index contributed by atoms with van der Waals surface area (Å²) >= 11 is 6.71. The lowest BCUT2D eigenvalue weighted by molar-refractivity contribution is -0.122. The molecule has 0 bridgehead atoms. The number of ether oxygens (including phenoxy) is 2. The number of hydrogen-bond donors (Lipinski definition) is 1. The molecular weight excluding hydrogens is 420 g/mol. The average molecular weight is 451 g/mol. The first-order valence-corrected chi connectivity index (χ1v) is 11.5. The standard InChI is InChI=1S/C22H30N2O4S2/c1-4-5-12-23-20(25)9-7-6-8-13-24-21(26)19(30-22(24)29)15-16-10-11-17(27-2)18(14-16)28-3/h10-11,14-15H,4-9,12-13H2,1-3H3,(H,23,25). The molecule has 1 fully saturated rings. The van der Waals surface area contributed by atoms with E-state index in [9.17, 15) is 9.59 Å². The van der Waals surface area contributed by atoms with E-state index in [0.29, 0.717) is 33.7 Å². The molecule has 0 atom stereocenters. The van der Waals surface area contributed by atoms with Gasteiger partial charge in [0, 0.05) is 19.5 Å². The molecule has 164 valence electrons. The van der Waals surface area contributed by atoms with Crippen molar-refractivity contribution in [2.45, 2.75) is 45.4 Å². The minimum atomic E-state index is -0.0721. The Labute approximate surface area is 188 Å². The fourth-order valence-electron chi connectivity index (χ4n) is 3.01. The largest absolute Gasteiger partial charge is 0.493 e. The molecule has 8 heteroatoms. The van der Waals surface area contributed by atoms with E-state index in [4.69, 9.17) is 21.7 Å². The summed E-state index contributed by atoms with van der Waals surface area (Å²) in [6.45, 7) is 3.42. The summed E-state index contributed by atoms with van der Waals surface area (Å²) in [6.07, 6.45) is 6.95. The van der Waals surface area contributed by atoms with Gasteiger partial charge in [-0.15, -0.1) is 0 Å². The minimum absolute atomic E-state index is 0.0721. The first-order valence-electron chi connectivity index (χ1n) is 10.2. The number of nitrogens with zero attached hydrogens (tertiary/aromatic N) is 1. The van der Waals surface area contributed by atoms with Gasteiger partial charge >= 0.3 is 0 Å². The summed E-state index contributed by atoms with van der Waals surface area (Å²) in [4.78, 5) is 26.7. The third-order valence-corrected chi connectivity index (χ3v) is 6.09. The van der Waals surface area contributed by atoms with Crippen molar-refractivity contribution in [1.29, 1.82) is 0 Å². The summed E-state index contributed by atoms with van der Waals surface area (Å²) in [6, 6.07) is 5.51. The van der Waals surface area contributed by atoms with Gasteiger partial charge in [0.1, 0.15) is 4.32 Å². The van der Waals surface area contributed by atoms with E-state index < -0.39 is 0 Å². The number of benzene rings is 1. The van der Waals surface area contributed by atoms with Crippen LogP contribution in [-0.4, -0.2) is 48.3 Å². The number of nitrogens with one attached hydrogen (secondary N) is 1. The van der Waals surface area contributed by atoms with Gasteiger partial charge < -0.3 is 14.8 Å². The Morgan fingerprint density at radius 3 is 2.63 bits per heavy atom. The fourth-order valence-corrected chi connectivity index (χ4v) is 4.32. The van der Waals surface area contributed by atoms with Crippen molar-refractivity contribution in [2.75, 3.05) is 27.3 Å². The van der Waals surface area contributed by atoms with E-state index in [1.165, 1.54) is 11.8 Å². The number of methoxy groups -OCH3 is 2. The van der Waals surface area contributed by atoms with Gasteiger partial charge in [0.2, 0.25) is 5.91 Å². The molecule has 0 unspecified atom stereocenters. The second-order valence-electron chi connectivity index (χ2n) is 6.96. The van der Waals surface area contributed by atoms with Crippen LogP contribution < -0.4 is 14.8 Å². The Kier molecular flexibility index (Phi) is 10.2. The van der Waals surface area contributed by atoms with Crippen molar-refractivity contribution in [3.63, 3.8) is 0 Å². The molecule has 1 heterocycles. The highest BCUT2D eigenvalue weighted by atomic mass is 32.2. The second kappa shape index (κ2) is 12.6. The molecule has 1 aromatic carbocycles. The maximum Gasteiger partial charge on any atom is 0.266 e. The van der Waals surface area contributed by atoms with Crippen LogP contribution in [0.4, 0.5) is 0 Å². The molecule has 0 saturated carbocycles. The van der Waals surface area contributed by atoms with Gasteiger partial charge in [-0.1, -0.05) is 49.8 Å². The van der Waals surface area contributed by atoms with Crippen molar-refractivity contribution < 1.29 is 19.1 Å². The van der Waals surface area contributed by atoms with Crippen LogP contribution in [0.1, 0.15) is 51.0 Å². The normalized spacial score (nSPS) is 15.0. The van der Waals surface area contributed by atoms with E-state index in [-0.39, 0.29) is 11.8 Å². The molecule has 2 amide bonds. The molecule has 6 nitrogen and oxygen atoms in total. The minimum Gasteiger partial charge on any atom is -0.493 e. The van der Waals surface area contributed by atoms with Crippen LogP contribution in [0, 0.1) is 0 Å². The van der Waals surface area contributed by atoms with Crippen LogP contribution in [0.5, 0.6) is 11.5 Å². The number of thiocarbonyl (C=S) groups is 1. The van der Waals surface area contributed by atoms with Gasteiger partial charge in [0.05, 0.1) is 19.1 Å². The van der Waals surface area contributed by atoms with Crippen LogP contribution in [0.3, 0.4) is 0 Å². The first kappa shape index (κ1) is 24.2. The zero-order valence-corrected chi connectivity index (χ0v) is 19.5. The van der Waals surface area contributed by atoms with E-state index in [1.54, 1.807) is 19.1 Å². The van der Waals surface area contributed by atoms with Gasteiger partial charge in [-0.2, -0.15) is 0 Å². The molecule has 1 aliphatic rings. The molecular formula is C22H30N2O4S2. The lowest BCUT2D eigenvalue weighted by Gasteiger charge is -2.14. The highest BCUT2D eigenvalue weighted by Gasteiger charge is 2.31. The summed E-state index contributed by atoms with van der Waals surface area (Å²) in [5.41, 5.74) is 0.849. The van der Waals surface area contributed by atoms with Crippen LogP contribution in [0.25, 0.3) is 6.08 Å². The highest BCUT2D eigenvalue weighted by molar-refractivity contribution is 8.26. The summed E-state index contributed by atoms with van der Waals surface area (Å²) in [5.74, 6) is 1.28. The number of hydrogen-bond acceptors (Lipinski definition) is 6. The highest BCUT2D eigenvalue weighted by Crippen LogP contribution is 2.34. The number of amides is 2. The Morgan fingerprint density at radius 2 is 1.93 bits per heavy atom. The van der Waals surface area contributed by atoms with E-state index in [1.807, 2.05) is 24.3 Å². The first-order chi connectivity index (χ1) is 14.5. The summed E-state index contributed by atoms with van der Waals surface area (Å²) < 4.78 is 11.1. The number of unbranched alkanes of at least 4 members (excludes halogenated alkanes) is 3. The predicted octanol–water partition coefficient (Wildman–Crippen LogP) is 4.38. The quantitative estimate of drug-likeness (QED) is 0.290. The van der Waals surface area contributed by atoms with Gasteiger partial charge in [0.15, 0.2) is 11.5 Å². The van der Waals surface area contributed by atoms with Crippen molar-refractivity contribution in [3.05, 3.63) is 28.7 Å². The molecule has 1 aliphatic heterocycles. The molecule has 1 N–H and O–H groups in total. The summed E-state index contributed by atoms with van der Waals surface area (Å²) in [7, 11) is 3.16. The Balaban J connectivity index is 1.83. The number of carbonyl (C=O) groups excluding carboxylic acids is 2. The summed E-state index contributed by atoms with van der Waals surface area (Å²) in [5, 5.41) is 2.92. The van der Waals surface area contributed by atoms with Crippen molar-refractivity contribution in [3.8, 4) is 11.5 Å². The molecule has 0 radical (unpaired) electrons. The Bertz CT molecular complexity index is 795.